The number of halogens is 5. The second-order valence-electron chi connectivity index (χ2n) is 33.0. The Morgan fingerprint density at radius 1 is 0.341 bits per heavy atom. The van der Waals surface area contributed by atoms with Crippen molar-refractivity contribution in [3.8, 4) is 0 Å². The Bertz CT molecular complexity index is 6680. The summed E-state index contributed by atoms with van der Waals surface area (Å²) in [5, 5.41) is 48.4. The topological polar surface area (TPSA) is 409 Å². The zero-order valence-electron chi connectivity index (χ0n) is 75.9. The molecule has 31 nitrogen and oxygen atoms in total. The number of anilines is 5. The fraction of sp³-hybridized carbons (Fsp3) is 0.362. The molecule has 0 spiro atoms. The number of benzene rings is 5. The van der Waals surface area contributed by atoms with E-state index in [0.29, 0.717) is 119 Å². The largest absolute Gasteiger partial charge is 0.393 e. The van der Waals surface area contributed by atoms with Gasteiger partial charge < -0.3 is 56.6 Å². The highest BCUT2D eigenvalue weighted by Gasteiger charge is 2.33. The normalized spacial score (nSPS) is 15.1. The number of β-amino-alcohol motifs (C(OH)–C–C–N with tert-alkyl or cyclic N) is 1. The second kappa shape index (κ2) is 44.1. The third-order valence-corrected chi connectivity index (χ3v) is 26.8. The Morgan fingerprint density at radius 3 is 0.800 bits per heavy atom. The highest BCUT2D eigenvalue weighted by molar-refractivity contribution is 7.20. The Balaban J connectivity index is 0.000000135. The molecular weight excluding hydrogens is 1830 g/mol. The zero-order valence-corrected chi connectivity index (χ0v) is 80.0. The van der Waals surface area contributed by atoms with E-state index < -0.39 is 18.3 Å². The number of aromatic nitrogens is 15. The van der Waals surface area contributed by atoms with Gasteiger partial charge in [0, 0.05) is 52.1 Å². The third kappa shape index (κ3) is 25.3. The molecule has 3 saturated heterocycles. The van der Waals surface area contributed by atoms with Crippen LogP contribution in [0.4, 0.5) is 51.7 Å². The molecule has 41 heteroatoms. The van der Waals surface area contributed by atoms with E-state index in [1.807, 2.05) is 92.3 Å². The van der Waals surface area contributed by atoms with Crippen LogP contribution in [0, 0.1) is 63.7 Å². The molecule has 5 aromatic carbocycles. The molecule has 8 N–H and O–H groups in total. The van der Waals surface area contributed by atoms with Gasteiger partial charge in [-0.1, -0.05) is 60.7 Å². The van der Waals surface area contributed by atoms with Crippen molar-refractivity contribution in [2.75, 3.05) is 65.9 Å². The number of amides is 3. The summed E-state index contributed by atoms with van der Waals surface area (Å²) < 4.78 is 70.8. The number of hydrogen-bond acceptors (Lipinski definition) is 33. The number of carbonyl (C=O) groups is 5. The maximum absolute atomic E-state index is 13.5. The summed E-state index contributed by atoms with van der Waals surface area (Å²) >= 11 is 6.96. The van der Waals surface area contributed by atoms with Gasteiger partial charge in [0.1, 0.15) is 64.0 Å². The molecule has 0 radical (unpaired) electrons. The van der Waals surface area contributed by atoms with Crippen molar-refractivity contribution in [2.45, 2.75) is 183 Å². The predicted molar refractivity (Wildman–Crippen MR) is 515 cm³/mol. The standard InChI is InChI=1S/C19H20FN5O2S.C19H20FN5OS.2C19H21FN4O2S.C18H18FN5OS/c1-10(12-4-3-5-13(20)8-12)21-19-23-15(16-17(24-19)22-11(2)28-16)18(27)25-7-6-14(26)9-25;1-11(13-6-5-7-14(20)10-13)21-19-23-15(18(26)25-8-3-4-9-25)16-17(24-19)22-12(2)27-16;2*1-10(25)7-8-15(26)16-17-18(22-12(3)27-17)24-19(23-16)21-11(2)13-5-4-6-14(20)9-13;1-10(12-5-3-6-13(19)9-12)20-18-22-14(17(25)24-7-4-8-24)15-16(23-18)21-11(2)26-15/h3-5,8,10,14,26H,6-7,9H2,1-2H3,(H,21,23,24);5-7,10-11H,3-4,8-9H2,1-2H3,(H,21,23,24);2*4-6,9-11,25H,7-8H2,1-3H3,(H,21,23,24);3,5-6,9-10H,4,7-8H2,1-2H3,(H,20,22,23)/t10-,14-;11-;10-,11+;10-,11-;10-/m00100/s1. The number of likely N-dealkylation sites (tertiary alicyclic amines) is 3. The molecule has 135 heavy (non-hydrogen) atoms. The van der Waals surface area contributed by atoms with Crippen molar-refractivity contribution in [3.05, 3.63) is 232 Å². The van der Waals surface area contributed by atoms with E-state index in [4.69, 9.17) is 0 Å². The van der Waals surface area contributed by atoms with Gasteiger partial charge in [0.2, 0.25) is 29.7 Å². The second-order valence-corrected chi connectivity index (χ2v) is 39.0. The highest BCUT2D eigenvalue weighted by atomic mass is 32.1. The van der Waals surface area contributed by atoms with Crippen LogP contribution in [0.2, 0.25) is 0 Å². The molecule has 15 aromatic rings. The summed E-state index contributed by atoms with van der Waals surface area (Å²) in [5.41, 5.74) is 7.86. The lowest BCUT2D eigenvalue weighted by Gasteiger charge is -2.30. The van der Waals surface area contributed by atoms with Crippen LogP contribution in [0.3, 0.4) is 0 Å². The number of fused-ring (bicyclic) bond motifs is 5. The molecule has 3 aliphatic rings. The van der Waals surface area contributed by atoms with Crippen molar-refractivity contribution >= 4 is 167 Å². The van der Waals surface area contributed by atoms with Gasteiger partial charge in [-0.05, 0) is 210 Å². The number of nitrogens with one attached hydrogen (secondary N) is 5. The third-order valence-electron chi connectivity index (χ3n) is 22.0. The van der Waals surface area contributed by atoms with E-state index >= 15 is 0 Å². The number of thiazole rings is 5. The van der Waals surface area contributed by atoms with Crippen LogP contribution in [-0.4, -0.2) is 192 Å². The first-order valence-corrected chi connectivity index (χ1v) is 48.0. The first-order chi connectivity index (χ1) is 64.6. The molecule has 704 valence electrons. The van der Waals surface area contributed by atoms with Gasteiger partial charge in [-0.3, -0.25) is 24.0 Å². The Labute approximate surface area is 793 Å². The summed E-state index contributed by atoms with van der Waals surface area (Å²) in [7, 11) is 0. The quantitative estimate of drug-likeness (QED) is 0.0184. The van der Waals surface area contributed by atoms with Crippen molar-refractivity contribution in [3.63, 3.8) is 0 Å². The monoisotopic (exact) mass is 1930 g/mol. The Hall–Kier alpha value is -12.8. The van der Waals surface area contributed by atoms with Gasteiger partial charge in [-0.25, -0.2) is 71.8 Å². The molecule has 0 saturated carbocycles. The minimum atomic E-state index is -0.555. The molecule has 0 aliphatic carbocycles. The van der Waals surface area contributed by atoms with Crippen LogP contribution < -0.4 is 26.6 Å². The van der Waals surface area contributed by atoms with Crippen LogP contribution >= 0.6 is 56.7 Å². The number of aliphatic hydroxyl groups is 3. The van der Waals surface area contributed by atoms with E-state index in [-0.39, 0.29) is 125 Å². The number of hydrogen-bond donors (Lipinski definition) is 8. The summed E-state index contributed by atoms with van der Waals surface area (Å²) in [6, 6.07) is 30.4. The summed E-state index contributed by atoms with van der Waals surface area (Å²) in [6.45, 7) is 25.8. The van der Waals surface area contributed by atoms with Crippen molar-refractivity contribution in [1.82, 2.24) is 89.5 Å². The van der Waals surface area contributed by atoms with Crippen molar-refractivity contribution in [2.24, 2.45) is 0 Å². The SMILES string of the molecule is Cc1nc2nc(N[C@@H](C)c3cccc(F)c3)nc(C(=O)CC[C@@H](C)O)c2s1.Cc1nc2nc(N[C@@H](C)c3cccc(F)c3)nc(C(=O)CC[C@H](C)O)c2s1.Cc1nc2nc(N[C@@H](C)c3cccc(F)c3)nc(C(=O)N3CCC3)c2s1.Cc1nc2nc(N[C@@H](C)c3cccc(F)c3)nc(C(=O)N3CCCC3)c2s1.Cc1nc2nc(N[C@@H](C)c3cccc(F)c3)nc(C(=O)N3CC[C@H](O)C3)c2s1. The van der Waals surface area contributed by atoms with Crippen LogP contribution in [-0.2, 0) is 0 Å². The van der Waals surface area contributed by atoms with E-state index in [1.165, 1.54) is 117 Å². The number of aliphatic hydroxyl groups excluding tert-OH is 3. The first-order valence-electron chi connectivity index (χ1n) is 43.9. The van der Waals surface area contributed by atoms with E-state index in [2.05, 4.69) is 101 Å². The molecule has 3 amide bonds. The van der Waals surface area contributed by atoms with Gasteiger partial charge >= 0.3 is 0 Å². The summed E-state index contributed by atoms with van der Waals surface area (Å²) in [5.74, 6) is -0.823. The molecular formula is C94H100F5N23O8S5. The fourth-order valence-corrected chi connectivity index (χ4v) is 19.0. The summed E-state index contributed by atoms with van der Waals surface area (Å²) in [4.78, 5) is 136. The molecule has 8 atom stereocenters. The van der Waals surface area contributed by atoms with Gasteiger partial charge in [-0.15, -0.1) is 56.7 Å². The van der Waals surface area contributed by atoms with E-state index in [0.717, 1.165) is 98.3 Å². The fourth-order valence-electron chi connectivity index (χ4n) is 14.8. The van der Waals surface area contributed by atoms with Crippen LogP contribution in [0.15, 0.2) is 121 Å². The molecule has 13 heterocycles. The minimum absolute atomic E-state index is 0.0787. The highest BCUT2D eigenvalue weighted by Crippen LogP contribution is 2.36. The number of aryl methyl sites for hydroxylation is 5. The van der Waals surface area contributed by atoms with E-state index in [1.54, 1.807) is 66.1 Å². The summed E-state index contributed by atoms with van der Waals surface area (Å²) in [6.07, 6.45) is 3.11. The lowest BCUT2D eigenvalue weighted by Crippen LogP contribution is -2.42. The lowest BCUT2D eigenvalue weighted by molar-refractivity contribution is 0.0647. The predicted octanol–water partition coefficient (Wildman–Crippen LogP) is 18.5. The lowest BCUT2D eigenvalue weighted by atomic mass is 10.1. The molecule has 3 fully saturated rings. The van der Waals surface area contributed by atoms with Crippen LogP contribution in [0.25, 0.3) is 51.7 Å². The Morgan fingerprint density at radius 2 is 0.578 bits per heavy atom. The number of Topliss-reactive ketones (excluding diaryl/α,β-unsaturated/α-hetero) is 2. The molecule has 0 bridgehead atoms. The smallest absolute Gasteiger partial charge is 0.274 e. The Kier molecular flexibility index (Phi) is 32.1. The average molecular weight is 1940 g/mol. The average Bonchev–Trinajstić information content (AvgIpc) is 1.67. The minimum Gasteiger partial charge on any atom is -0.393 e. The maximum atomic E-state index is 13.5. The van der Waals surface area contributed by atoms with Crippen molar-refractivity contribution < 1.29 is 61.2 Å². The van der Waals surface area contributed by atoms with Gasteiger partial charge in [0.25, 0.3) is 17.7 Å². The number of carbonyl (C=O) groups excluding carboxylic acids is 5. The molecule has 0 unspecified atom stereocenters. The van der Waals surface area contributed by atoms with Crippen LogP contribution in [0.1, 0.15) is 235 Å². The van der Waals surface area contributed by atoms with Crippen LogP contribution in [0.5, 0.6) is 0 Å². The molecule has 10 aromatic heterocycles. The number of ketones is 2. The zero-order chi connectivity index (χ0) is 96.2. The number of nitrogens with zero attached hydrogens (tertiary/aromatic N) is 18. The first kappa shape index (κ1) is 98.2. The van der Waals surface area contributed by atoms with Gasteiger partial charge in [0.15, 0.2) is 56.9 Å². The molecule has 18 rings (SSSR count). The van der Waals surface area contributed by atoms with Crippen molar-refractivity contribution in [1.29, 1.82) is 0 Å². The number of rotatable bonds is 26. The molecule has 3 aliphatic heterocycles. The van der Waals surface area contributed by atoms with Gasteiger partial charge in [0.05, 0.1) is 73.6 Å². The van der Waals surface area contributed by atoms with Gasteiger partial charge in [-0.2, -0.15) is 24.9 Å². The maximum Gasteiger partial charge on any atom is 0.274 e. The van der Waals surface area contributed by atoms with E-state index in [9.17, 15) is 61.2 Å².